The van der Waals surface area contributed by atoms with Gasteiger partial charge in [0.1, 0.15) is 5.75 Å². The Hall–Kier alpha value is -4.08. The summed E-state index contributed by atoms with van der Waals surface area (Å²) in [6, 6.07) is 22.5. The molecule has 0 aliphatic carbocycles. The lowest BCUT2D eigenvalue weighted by atomic mass is 10.1. The monoisotopic (exact) mass is 489 g/mol. The zero-order chi connectivity index (χ0) is 24.7. The molecular formula is C26H23N3O5S. The maximum Gasteiger partial charge on any atom is 0.341 e. The average molecular weight is 490 g/mol. The van der Waals surface area contributed by atoms with Crippen molar-refractivity contribution < 1.29 is 23.1 Å². The van der Waals surface area contributed by atoms with E-state index < -0.39 is 22.6 Å². The number of nitrogens with zero attached hydrogens (tertiary/aromatic N) is 3. The normalized spacial score (nSPS) is 11.3. The summed E-state index contributed by atoms with van der Waals surface area (Å²) in [6.45, 7) is -0.265. The van der Waals surface area contributed by atoms with E-state index >= 15 is 0 Å². The molecule has 35 heavy (non-hydrogen) atoms. The van der Waals surface area contributed by atoms with Gasteiger partial charge in [-0.1, -0.05) is 54.6 Å². The molecule has 0 atom stereocenters. The van der Waals surface area contributed by atoms with Crippen LogP contribution in [0.15, 0.2) is 102 Å². The fraction of sp³-hybridized carbons (Fsp3) is 0.115. The van der Waals surface area contributed by atoms with Gasteiger partial charge in [0.15, 0.2) is 6.61 Å². The van der Waals surface area contributed by atoms with E-state index in [0.717, 1.165) is 16.8 Å². The van der Waals surface area contributed by atoms with Gasteiger partial charge in [-0.15, -0.1) is 0 Å². The van der Waals surface area contributed by atoms with Gasteiger partial charge in [-0.25, -0.2) is 13.2 Å². The van der Waals surface area contributed by atoms with Gasteiger partial charge in [-0.05, 0) is 35.4 Å². The first-order chi connectivity index (χ1) is 16.9. The predicted octanol–water partition coefficient (Wildman–Crippen LogP) is 4.00. The van der Waals surface area contributed by atoms with Gasteiger partial charge in [0.25, 0.3) is 0 Å². The van der Waals surface area contributed by atoms with Crippen LogP contribution in [0.3, 0.4) is 0 Å². The maximum atomic E-state index is 13.5. The van der Waals surface area contributed by atoms with Crippen LogP contribution in [0.4, 0.5) is 0 Å². The first kappa shape index (κ1) is 24.1. The molecule has 0 unspecified atom stereocenters. The molecule has 3 aromatic carbocycles. The molecule has 0 spiro atoms. The Kier molecular flexibility index (Phi) is 7.49. The van der Waals surface area contributed by atoms with E-state index in [1.54, 1.807) is 73.2 Å². The number of carbonyl (C=O) groups is 1. The summed E-state index contributed by atoms with van der Waals surface area (Å²) in [5.41, 5.74) is 3.08. The van der Waals surface area contributed by atoms with Crippen LogP contribution in [-0.4, -0.2) is 40.4 Å². The molecule has 0 aliphatic rings. The zero-order valence-corrected chi connectivity index (χ0v) is 19.5. The minimum absolute atomic E-state index is 0.0768. The van der Waals surface area contributed by atoms with Crippen LogP contribution < -0.4 is 4.74 Å². The lowest BCUT2D eigenvalue weighted by molar-refractivity contribution is -0.139. The summed E-state index contributed by atoms with van der Waals surface area (Å²) in [5.74, 6) is -0.733. The molecule has 4 rings (SSSR count). The fourth-order valence-corrected chi connectivity index (χ4v) is 4.92. The third-order valence-corrected chi connectivity index (χ3v) is 6.98. The number of aromatic nitrogens is 2. The molecule has 178 valence electrons. The summed E-state index contributed by atoms with van der Waals surface area (Å²) >= 11 is 0. The SMILES string of the molecule is O=C(O)COc1cccc(CN(Cc2ccc(-c3cnccn3)cc2)S(=O)(=O)c2ccccc2)c1. The molecule has 4 aromatic rings. The maximum absolute atomic E-state index is 13.5. The summed E-state index contributed by atoms with van der Waals surface area (Å²) < 4.78 is 33.7. The lowest BCUT2D eigenvalue weighted by Crippen LogP contribution is -2.30. The Bertz CT molecular complexity index is 1380. The lowest BCUT2D eigenvalue weighted by Gasteiger charge is -2.23. The quantitative estimate of drug-likeness (QED) is 0.359. The first-order valence-electron chi connectivity index (χ1n) is 10.8. The summed E-state index contributed by atoms with van der Waals surface area (Å²) in [6.07, 6.45) is 4.89. The number of sulfonamides is 1. The molecule has 0 saturated carbocycles. The van der Waals surface area contributed by atoms with Crippen LogP contribution in [0.2, 0.25) is 0 Å². The highest BCUT2D eigenvalue weighted by atomic mass is 32.2. The van der Waals surface area contributed by atoms with Gasteiger partial charge < -0.3 is 9.84 Å². The van der Waals surface area contributed by atoms with Crippen molar-refractivity contribution in [2.75, 3.05) is 6.61 Å². The molecule has 0 bridgehead atoms. The van der Waals surface area contributed by atoms with E-state index in [0.29, 0.717) is 11.3 Å². The van der Waals surface area contributed by atoms with Crippen LogP contribution in [0.5, 0.6) is 5.75 Å². The number of benzene rings is 3. The molecule has 1 heterocycles. The van der Waals surface area contributed by atoms with Crippen molar-refractivity contribution in [3.63, 3.8) is 0 Å². The molecule has 1 aromatic heterocycles. The highest BCUT2D eigenvalue weighted by molar-refractivity contribution is 7.89. The number of aliphatic carboxylic acids is 1. The Morgan fingerprint density at radius 3 is 2.31 bits per heavy atom. The number of carboxylic acids is 1. The van der Waals surface area contributed by atoms with Gasteiger partial charge in [0.2, 0.25) is 10.0 Å². The van der Waals surface area contributed by atoms with Crippen LogP contribution in [0.1, 0.15) is 11.1 Å². The zero-order valence-electron chi connectivity index (χ0n) is 18.7. The highest BCUT2D eigenvalue weighted by Crippen LogP contribution is 2.24. The van der Waals surface area contributed by atoms with Crippen molar-refractivity contribution in [2.24, 2.45) is 0 Å². The van der Waals surface area contributed by atoms with Gasteiger partial charge in [0, 0.05) is 31.0 Å². The number of hydrogen-bond acceptors (Lipinski definition) is 6. The Balaban J connectivity index is 1.61. The fourth-order valence-electron chi connectivity index (χ4n) is 3.48. The second kappa shape index (κ2) is 10.9. The van der Waals surface area contributed by atoms with E-state index in [-0.39, 0.29) is 18.0 Å². The molecule has 9 heteroatoms. The summed E-state index contributed by atoms with van der Waals surface area (Å²) in [5, 5.41) is 8.86. The number of rotatable bonds is 10. The van der Waals surface area contributed by atoms with Crippen molar-refractivity contribution in [1.82, 2.24) is 14.3 Å². The van der Waals surface area contributed by atoms with E-state index in [4.69, 9.17) is 9.84 Å². The van der Waals surface area contributed by atoms with Gasteiger partial charge in [0.05, 0.1) is 16.8 Å². The van der Waals surface area contributed by atoms with E-state index in [1.165, 1.54) is 4.31 Å². The number of carboxylic acid groups (broad SMARTS) is 1. The van der Waals surface area contributed by atoms with E-state index in [1.807, 2.05) is 24.3 Å². The predicted molar refractivity (Wildman–Crippen MR) is 130 cm³/mol. The second-order valence-corrected chi connectivity index (χ2v) is 9.64. The average Bonchev–Trinajstić information content (AvgIpc) is 2.89. The Morgan fingerprint density at radius 2 is 1.63 bits per heavy atom. The molecule has 0 fully saturated rings. The van der Waals surface area contributed by atoms with Crippen molar-refractivity contribution in [2.45, 2.75) is 18.0 Å². The number of ether oxygens (including phenoxy) is 1. The minimum atomic E-state index is -3.82. The van der Waals surface area contributed by atoms with Crippen LogP contribution in [0.25, 0.3) is 11.3 Å². The van der Waals surface area contributed by atoms with Gasteiger partial charge >= 0.3 is 5.97 Å². The molecule has 0 amide bonds. The summed E-state index contributed by atoms with van der Waals surface area (Å²) in [7, 11) is -3.82. The topological polar surface area (TPSA) is 110 Å². The van der Waals surface area contributed by atoms with Gasteiger partial charge in [-0.3, -0.25) is 9.97 Å². The Labute approximate surface area is 203 Å². The smallest absolute Gasteiger partial charge is 0.341 e. The second-order valence-electron chi connectivity index (χ2n) is 7.70. The van der Waals surface area contributed by atoms with Crippen LogP contribution in [-0.2, 0) is 27.9 Å². The van der Waals surface area contributed by atoms with E-state index in [2.05, 4.69) is 9.97 Å². The minimum Gasteiger partial charge on any atom is -0.482 e. The standard InChI is InChI=1S/C26H23N3O5S/c30-26(31)19-34-23-6-4-5-21(15-23)18-29(35(32,33)24-7-2-1-3-8-24)17-20-9-11-22(12-10-20)25-16-27-13-14-28-25/h1-16H,17-19H2,(H,30,31). The summed E-state index contributed by atoms with van der Waals surface area (Å²) in [4.78, 5) is 19.4. The molecule has 0 saturated heterocycles. The third kappa shape index (κ3) is 6.28. The third-order valence-electron chi connectivity index (χ3n) is 5.17. The van der Waals surface area contributed by atoms with Crippen molar-refractivity contribution in [3.8, 4) is 17.0 Å². The van der Waals surface area contributed by atoms with Crippen LogP contribution >= 0.6 is 0 Å². The first-order valence-corrected chi connectivity index (χ1v) is 12.2. The molecule has 0 radical (unpaired) electrons. The van der Waals surface area contributed by atoms with E-state index in [9.17, 15) is 13.2 Å². The van der Waals surface area contributed by atoms with Gasteiger partial charge in [-0.2, -0.15) is 4.31 Å². The molecular weight excluding hydrogens is 466 g/mol. The van der Waals surface area contributed by atoms with Crippen molar-refractivity contribution in [1.29, 1.82) is 0 Å². The highest BCUT2D eigenvalue weighted by Gasteiger charge is 2.25. The van der Waals surface area contributed by atoms with Crippen molar-refractivity contribution >= 4 is 16.0 Å². The Morgan fingerprint density at radius 1 is 0.886 bits per heavy atom. The molecule has 8 nitrogen and oxygen atoms in total. The largest absolute Gasteiger partial charge is 0.482 e. The molecule has 0 aliphatic heterocycles. The number of hydrogen-bond donors (Lipinski definition) is 1. The molecule has 1 N–H and O–H groups in total. The van der Waals surface area contributed by atoms with Crippen LogP contribution in [0, 0.1) is 0 Å². The van der Waals surface area contributed by atoms with Crippen molar-refractivity contribution in [3.05, 3.63) is 109 Å².